The van der Waals surface area contributed by atoms with Gasteiger partial charge in [-0.3, -0.25) is 4.68 Å². The molecule has 6 nitrogen and oxygen atoms in total. The molecule has 0 saturated heterocycles. The smallest absolute Gasteiger partial charge is 0.191 e. The Balaban J connectivity index is 1.98. The Morgan fingerprint density at radius 2 is 2.19 bits per heavy atom. The van der Waals surface area contributed by atoms with Crippen molar-refractivity contribution in [3.63, 3.8) is 0 Å². The molecule has 0 spiro atoms. The van der Waals surface area contributed by atoms with Crippen LogP contribution in [0.3, 0.4) is 0 Å². The Bertz CT molecular complexity index is 740. The topological polar surface area (TPSA) is 74.5 Å². The van der Waals surface area contributed by atoms with Gasteiger partial charge in [-0.2, -0.15) is 5.10 Å². The summed E-state index contributed by atoms with van der Waals surface area (Å²) in [6.45, 7) is 4.93. The standard InChI is InChI=1S/C18H25ClFN5O/c1-4-21-17(22-9-8-14-15(19)6-5-7-16(14)20)23-12-18(2,26)13-10-24-25(3)11-13/h5-7,10-11,26H,4,8-9,12H2,1-3H3,(H2,21,22,23). The van der Waals surface area contributed by atoms with E-state index in [1.165, 1.54) is 6.07 Å². The molecule has 0 saturated carbocycles. The van der Waals surface area contributed by atoms with Crippen LogP contribution in [0.1, 0.15) is 25.0 Å². The molecule has 2 rings (SSSR count). The molecule has 0 aliphatic carbocycles. The van der Waals surface area contributed by atoms with Crippen LogP contribution in [0.4, 0.5) is 4.39 Å². The number of hydrogen-bond donors (Lipinski definition) is 3. The average Bonchev–Trinajstić information content (AvgIpc) is 3.03. The van der Waals surface area contributed by atoms with E-state index in [0.29, 0.717) is 41.6 Å². The molecule has 26 heavy (non-hydrogen) atoms. The quantitative estimate of drug-likeness (QED) is 0.508. The van der Waals surface area contributed by atoms with Gasteiger partial charge in [0.2, 0.25) is 0 Å². The van der Waals surface area contributed by atoms with Crippen molar-refractivity contribution in [1.82, 2.24) is 20.4 Å². The second-order valence-corrected chi connectivity index (χ2v) is 6.66. The molecular formula is C18H25ClFN5O. The van der Waals surface area contributed by atoms with Crippen LogP contribution < -0.4 is 10.6 Å². The lowest BCUT2D eigenvalue weighted by atomic mass is 10.0. The second kappa shape index (κ2) is 9.00. The van der Waals surface area contributed by atoms with Gasteiger partial charge < -0.3 is 15.7 Å². The second-order valence-electron chi connectivity index (χ2n) is 6.25. The molecule has 142 valence electrons. The van der Waals surface area contributed by atoms with Gasteiger partial charge in [-0.1, -0.05) is 17.7 Å². The predicted octanol–water partition coefficient (Wildman–Crippen LogP) is 2.22. The molecule has 0 aliphatic heterocycles. The van der Waals surface area contributed by atoms with Crippen LogP contribution >= 0.6 is 11.6 Å². The number of nitrogens with one attached hydrogen (secondary N) is 2. The highest BCUT2D eigenvalue weighted by molar-refractivity contribution is 6.31. The lowest BCUT2D eigenvalue weighted by molar-refractivity contribution is 0.0672. The number of hydrogen-bond acceptors (Lipinski definition) is 3. The van der Waals surface area contributed by atoms with Crippen LogP contribution in [0.15, 0.2) is 35.6 Å². The maximum Gasteiger partial charge on any atom is 0.191 e. The van der Waals surface area contributed by atoms with Crippen LogP contribution in [0.2, 0.25) is 5.02 Å². The summed E-state index contributed by atoms with van der Waals surface area (Å²) >= 11 is 6.04. The normalized spacial score (nSPS) is 14.2. The molecule has 1 aromatic carbocycles. The van der Waals surface area contributed by atoms with Crippen molar-refractivity contribution in [2.75, 3.05) is 19.6 Å². The van der Waals surface area contributed by atoms with Gasteiger partial charge in [0.15, 0.2) is 5.96 Å². The third-order valence-electron chi connectivity index (χ3n) is 3.95. The van der Waals surface area contributed by atoms with Gasteiger partial charge in [-0.25, -0.2) is 9.38 Å². The minimum absolute atomic E-state index is 0.161. The summed E-state index contributed by atoms with van der Waals surface area (Å²) in [6.07, 6.45) is 3.81. The first-order valence-corrected chi connectivity index (χ1v) is 8.88. The van der Waals surface area contributed by atoms with Gasteiger partial charge in [0.1, 0.15) is 11.4 Å². The van der Waals surface area contributed by atoms with Crippen molar-refractivity contribution in [1.29, 1.82) is 0 Å². The highest BCUT2D eigenvalue weighted by Gasteiger charge is 2.24. The zero-order chi connectivity index (χ0) is 19.2. The first-order valence-electron chi connectivity index (χ1n) is 8.50. The van der Waals surface area contributed by atoms with Gasteiger partial charge >= 0.3 is 0 Å². The van der Waals surface area contributed by atoms with E-state index in [1.54, 1.807) is 43.2 Å². The Morgan fingerprint density at radius 1 is 1.42 bits per heavy atom. The van der Waals surface area contributed by atoms with Crippen molar-refractivity contribution >= 4 is 17.6 Å². The highest BCUT2D eigenvalue weighted by Crippen LogP contribution is 2.20. The fourth-order valence-corrected chi connectivity index (χ4v) is 2.70. The molecule has 1 atom stereocenters. The lowest BCUT2D eigenvalue weighted by Gasteiger charge is -2.20. The number of halogens is 2. The average molecular weight is 382 g/mol. The van der Waals surface area contributed by atoms with Crippen molar-refractivity contribution < 1.29 is 9.50 Å². The number of aromatic nitrogens is 2. The van der Waals surface area contributed by atoms with E-state index in [9.17, 15) is 9.50 Å². The molecule has 3 N–H and O–H groups in total. The molecule has 2 aromatic rings. The van der Waals surface area contributed by atoms with Gasteiger partial charge in [0, 0.05) is 42.5 Å². The first-order chi connectivity index (χ1) is 12.3. The Labute approximate surface area is 158 Å². The molecule has 0 bridgehead atoms. The summed E-state index contributed by atoms with van der Waals surface area (Å²) in [4.78, 5) is 4.43. The van der Waals surface area contributed by atoms with E-state index in [4.69, 9.17) is 11.6 Å². The van der Waals surface area contributed by atoms with E-state index in [-0.39, 0.29) is 12.4 Å². The molecule has 1 heterocycles. The van der Waals surface area contributed by atoms with Crippen molar-refractivity contribution in [2.45, 2.75) is 25.9 Å². The fraction of sp³-hybridized carbons (Fsp3) is 0.444. The number of rotatable bonds is 7. The fourth-order valence-electron chi connectivity index (χ4n) is 2.44. The monoisotopic (exact) mass is 381 g/mol. The molecule has 0 radical (unpaired) electrons. The largest absolute Gasteiger partial charge is 0.383 e. The summed E-state index contributed by atoms with van der Waals surface area (Å²) < 4.78 is 15.5. The van der Waals surface area contributed by atoms with E-state index in [2.05, 4.69) is 20.7 Å². The highest BCUT2D eigenvalue weighted by atomic mass is 35.5. The van der Waals surface area contributed by atoms with E-state index < -0.39 is 5.60 Å². The van der Waals surface area contributed by atoms with Crippen molar-refractivity contribution in [3.05, 3.63) is 52.6 Å². The van der Waals surface area contributed by atoms with E-state index in [1.807, 2.05) is 6.92 Å². The van der Waals surface area contributed by atoms with Gasteiger partial charge in [-0.15, -0.1) is 0 Å². The molecular weight excluding hydrogens is 357 g/mol. The zero-order valence-corrected chi connectivity index (χ0v) is 16.0. The van der Waals surface area contributed by atoms with Crippen LogP contribution in [-0.4, -0.2) is 40.5 Å². The van der Waals surface area contributed by atoms with Crippen LogP contribution in [0.5, 0.6) is 0 Å². The van der Waals surface area contributed by atoms with E-state index in [0.717, 1.165) is 0 Å². The molecule has 0 fully saturated rings. The number of nitrogens with zero attached hydrogens (tertiary/aromatic N) is 3. The summed E-state index contributed by atoms with van der Waals surface area (Å²) in [5.41, 5.74) is 0.0310. The number of aryl methyl sites for hydroxylation is 1. The van der Waals surface area contributed by atoms with Crippen LogP contribution in [-0.2, 0) is 19.1 Å². The van der Waals surface area contributed by atoms with Gasteiger partial charge in [0.05, 0.1) is 12.7 Å². The number of benzene rings is 1. The Morgan fingerprint density at radius 3 is 2.81 bits per heavy atom. The zero-order valence-electron chi connectivity index (χ0n) is 15.3. The summed E-state index contributed by atoms with van der Waals surface area (Å²) in [5.74, 6) is 0.227. The first kappa shape index (κ1) is 20.2. The Hall–Kier alpha value is -2.12. The Kier molecular flexibility index (Phi) is 6.99. The molecule has 1 unspecified atom stereocenters. The maximum atomic E-state index is 13.8. The number of aliphatic hydroxyl groups is 1. The summed E-state index contributed by atoms with van der Waals surface area (Å²) in [5, 5.41) is 21.3. The summed E-state index contributed by atoms with van der Waals surface area (Å²) in [6, 6.07) is 4.65. The van der Waals surface area contributed by atoms with Gasteiger partial charge in [0.25, 0.3) is 0 Å². The summed E-state index contributed by atoms with van der Waals surface area (Å²) in [7, 11) is 1.79. The minimum Gasteiger partial charge on any atom is -0.383 e. The molecule has 0 aliphatic rings. The van der Waals surface area contributed by atoms with Crippen molar-refractivity contribution in [2.24, 2.45) is 12.0 Å². The number of aliphatic imine (C=N–C) groups is 1. The minimum atomic E-state index is -1.13. The van der Waals surface area contributed by atoms with Crippen molar-refractivity contribution in [3.8, 4) is 0 Å². The molecule has 1 aromatic heterocycles. The van der Waals surface area contributed by atoms with Crippen LogP contribution in [0.25, 0.3) is 0 Å². The lowest BCUT2D eigenvalue weighted by Crippen LogP contribution is -2.39. The molecule has 0 amide bonds. The van der Waals surface area contributed by atoms with Gasteiger partial charge in [-0.05, 0) is 32.4 Å². The third kappa shape index (κ3) is 5.44. The number of guanidine groups is 1. The predicted molar refractivity (Wildman–Crippen MR) is 102 cm³/mol. The SMILES string of the molecule is CCNC(=NCC(C)(O)c1cnn(C)c1)NCCc1c(F)cccc1Cl. The molecule has 8 heteroatoms. The maximum absolute atomic E-state index is 13.8. The third-order valence-corrected chi connectivity index (χ3v) is 4.30. The van der Waals surface area contributed by atoms with E-state index >= 15 is 0 Å². The van der Waals surface area contributed by atoms with Crippen LogP contribution in [0, 0.1) is 5.82 Å².